The van der Waals surface area contributed by atoms with Crippen molar-refractivity contribution >= 4 is 17.3 Å². The van der Waals surface area contributed by atoms with Gasteiger partial charge in [-0.3, -0.25) is 9.48 Å². The highest BCUT2D eigenvalue weighted by atomic mass is 16.2. The number of fused-ring (bicyclic) bond motifs is 1. The molecule has 3 rings (SSSR count). The standard InChI is InChI=1S/C15H18N4O/c1-10-7-8-11-5-3-4-6-13(11)19(10)15(20)14-12(16)9-18(2)17-14/h3-6,9-10H,7-8,16H2,1-2H3. The zero-order chi connectivity index (χ0) is 14.3. The zero-order valence-electron chi connectivity index (χ0n) is 11.7. The first-order chi connectivity index (χ1) is 9.58. The molecule has 1 amide bonds. The van der Waals surface area contributed by atoms with Crippen LogP contribution in [0.1, 0.15) is 29.4 Å². The number of hydrogen-bond donors (Lipinski definition) is 1. The van der Waals surface area contributed by atoms with E-state index in [0.717, 1.165) is 18.5 Å². The molecule has 0 bridgehead atoms. The van der Waals surface area contributed by atoms with Gasteiger partial charge in [0.1, 0.15) is 0 Å². The van der Waals surface area contributed by atoms with Gasteiger partial charge in [-0.15, -0.1) is 0 Å². The fraction of sp³-hybridized carbons (Fsp3) is 0.333. The summed E-state index contributed by atoms with van der Waals surface area (Å²) in [6.07, 6.45) is 3.61. The highest BCUT2D eigenvalue weighted by Crippen LogP contribution is 2.32. The molecular weight excluding hydrogens is 252 g/mol. The third kappa shape index (κ3) is 1.95. The maximum Gasteiger partial charge on any atom is 0.281 e. The van der Waals surface area contributed by atoms with Gasteiger partial charge in [0.05, 0.1) is 5.69 Å². The van der Waals surface area contributed by atoms with Crippen LogP contribution >= 0.6 is 0 Å². The maximum atomic E-state index is 12.8. The molecule has 104 valence electrons. The predicted octanol–water partition coefficient (Wildman–Crippen LogP) is 1.98. The Bertz CT molecular complexity index is 662. The smallest absolute Gasteiger partial charge is 0.281 e. The summed E-state index contributed by atoms with van der Waals surface area (Å²) in [5.74, 6) is -0.122. The Kier molecular flexibility index (Phi) is 2.97. The van der Waals surface area contributed by atoms with Crippen molar-refractivity contribution in [2.45, 2.75) is 25.8 Å². The molecule has 0 saturated heterocycles. The van der Waals surface area contributed by atoms with Crippen molar-refractivity contribution in [3.05, 3.63) is 41.7 Å². The van der Waals surface area contributed by atoms with Crippen molar-refractivity contribution in [1.82, 2.24) is 9.78 Å². The second kappa shape index (κ2) is 4.67. The van der Waals surface area contributed by atoms with Crippen molar-refractivity contribution in [1.29, 1.82) is 0 Å². The molecule has 5 nitrogen and oxygen atoms in total. The normalized spacial score (nSPS) is 17.9. The second-order valence-corrected chi connectivity index (χ2v) is 5.30. The second-order valence-electron chi connectivity index (χ2n) is 5.30. The third-order valence-corrected chi connectivity index (χ3v) is 3.80. The third-order valence-electron chi connectivity index (χ3n) is 3.80. The summed E-state index contributed by atoms with van der Waals surface area (Å²) >= 11 is 0. The molecule has 1 aromatic heterocycles. The minimum absolute atomic E-state index is 0.122. The summed E-state index contributed by atoms with van der Waals surface area (Å²) in [7, 11) is 1.76. The van der Waals surface area contributed by atoms with E-state index in [2.05, 4.69) is 18.1 Å². The Morgan fingerprint density at radius 3 is 2.85 bits per heavy atom. The van der Waals surface area contributed by atoms with E-state index in [0.29, 0.717) is 11.4 Å². The average Bonchev–Trinajstić information content (AvgIpc) is 2.77. The molecule has 1 unspecified atom stereocenters. The molecule has 0 saturated carbocycles. The molecule has 1 aromatic carbocycles. The van der Waals surface area contributed by atoms with Crippen molar-refractivity contribution < 1.29 is 4.79 Å². The Labute approximate surface area is 118 Å². The summed E-state index contributed by atoms with van der Waals surface area (Å²) in [5, 5.41) is 4.19. The molecule has 0 fully saturated rings. The first-order valence-electron chi connectivity index (χ1n) is 6.78. The lowest BCUT2D eigenvalue weighted by Gasteiger charge is -2.34. The zero-order valence-corrected chi connectivity index (χ0v) is 11.7. The van der Waals surface area contributed by atoms with Crippen LogP contribution in [0, 0.1) is 0 Å². The number of anilines is 2. The molecule has 1 atom stereocenters. The number of para-hydroxylation sites is 1. The fourth-order valence-corrected chi connectivity index (χ4v) is 2.78. The number of aryl methyl sites for hydroxylation is 2. The number of amides is 1. The number of aromatic nitrogens is 2. The van der Waals surface area contributed by atoms with E-state index in [4.69, 9.17) is 5.73 Å². The van der Waals surface area contributed by atoms with Crippen LogP contribution in [0.25, 0.3) is 0 Å². The van der Waals surface area contributed by atoms with Gasteiger partial charge in [-0.05, 0) is 31.4 Å². The van der Waals surface area contributed by atoms with Gasteiger partial charge in [0.15, 0.2) is 5.69 Å². The first kappa shape index (κ1) is 12.7. The van der Waals surface area contributed by atoms with Gasteiger partial charge in [-0.2, -0.15) is 5.10 Å². The highest BCUT2D eigenvalue weighted by molar-refractivity contribution is 6.08. The first-order valence-corrected chi connectivity index (χ1v) is 6.78. The highest BCUT2D eigenvalue weighted by Gasteiger charge is 2.31. The summed E-state index contributed by atoms with van der Waals surface area (Å²) in [6, 6.07) is 8.18. The molecule has 2 heterocycles. The van der Waals surface area contributed by atoms with Crippen LogP contribution in [0.15, 0.2) is 30.5 Å². The summed E-state index contributed by atoms with van der Waals surface area (Å²) in [5.41, 5.74) is 8.81. The maximum absolute atomic E-state index is 12.8. The topological polar surface area (TPSA) is 64.2 Å². The van der Waals surface area contributed by atoms with Gasteiger partial charge in [0.25, 0.3) is 5.91 Å². The van der Waals surface area contributed by atoms with Crippen LogP contribution in [-0.4, -0.2) is 21.7 Å². The number of carbonyl (C=O) groups is 1. The Morgan fingerprint density at radius 2 is 2.15 bits per heavy atom. The predicted molar refractivity (Wildman–Crippen MR) is 78.7 cm³/mol. The molecule has 0 radical (unpaired) electrons. The summed E-state index contributed by atoms with van der Waals surface area (Å²) in [4.78, 5) is 14.6. The number of benzene rings is 1. The molecule has 0 aliphatic carbocycles. The molecular formula is C15H18N4O. The molecule has 1 aliphatic heterocycles. The van der Waals surface area contributed by atoms with E-state index in [1.807, 2.05) is 23.1 Å². The van der Waals surface area contributed by atoms with Gasteiger partial charge >= 0.3 is 0 Å². The van der Waals surface area contributed by atoms with Crippen LogP contribution in [0.4, 0.5) is 11.4 Å². The number of nitrogens with two attached hydrogens (primary N) is 1. The van der Waals surface area contributed by atoms with Crippen LogP contribution in [0.2, 0.25) is 0 Å². The Hall–Kier alpha value is -2.30. The van der Waals surface area contributed by atoms with E-state index in [9.17, 15) is 4.79 Å². The quantitative estimate of drug-likeness (QED) is 0.861. The summed E-state index contributed by atoms with van der Waals surface area (Å²) in [6.45, 7) is 2.06. The molecule has 0 spiro atoms. The number of nitrogens with zero attached hydrogens (tertiary/aromatic N) is 3. The van der Waals surface area contributed by atoms with E-state index in [1.165, 1.54) is 5.56 Å². The Morgan fingerprint density at radius 1 is 1.40 bits per heavy atom. The van der Waals surface area contributed by atoms with Crippen LogP contribution in [0.3, 0.4) is 0 Å². The largest absolute Gasteiger partial charge is 0.396 e. The van der Waals surface area contributed by atoms with Gasteiger partial charge < -0.3 is 10.6 Å². The van der Waals surface area contributed by atoms with E-state index in [-0.39, 0.29) is 11.9 Å². The lowest BCUT2D eigenvalue weighted by atomic mass is 9.96. The minimum atomic E-state index is -0.122. The van der Waals surface area contributed by atoms with E-state index >= 15 is 0 Å². The van der Waals surface area contributed by atoms with Gasteiger partial charge in [-0.1, -0.05) is 18.2 Å². The van der Waals surface area contributed by atoms with Crippen molar-refractivity contribution in [3.63, 3.8) is 0 Å². The lowest BCUT2D eigenvalue weighted by Crippen LogP contribution is -2.42. The average molecular weight is 270 g/mol. The molecule has 20 heavy (non-hydrogen) atoms. The summed E-state index contributed by atoms with van der Waals surface area (Å²) < 4.78 is 1.57. The van der Waals surface area contributed by atoms with E-state index in [1.54, 1.807) is 17.9 Å². The molecule has 2 aromatic rings. The monoisotopic (exact) mass is 270 g/mol. The van der Waals surface area contributed by atoms with Crippen LogP contribution in [-0.2, 0) is 13.5 Å². The molecule has 5 heteroatoms. The van der Waals surface area contributed by atoms with Crippen LogP contribution in [0.5, 0.6) is 0 Å². The lowest BCUT2D eigenvalue weighted by molar-refractivity contribution is 0.0970. The molecule has 1 aliphatic rings. The van der Waals surface area contributed by atoms with Crippen molar-refractivity contribution in [2.75, 3.05) is 10.6 Å². The number of hydrogen-bond acceptors (Lipinski definition) is 3. The van der Waals surface area contributed by atoms with Gasteiger partial charge in [0, 0.05) is 25.0 Å². The fourth-order valence-electron chi connectivity index (χ4n) is 2.78. The van der Waals surface area contributed by atoms with Crippen LogP contribution < -0.4 is 10.6 Å². The Balaban J connectivity index is 2.05. The SMILES string of the molecule is CC1CCc2ccccc2N1C(=O)c1nn(C)cc1N. The van der Waals surface area contributed by atoms with Gasteiger partial charge in [-0.25, -0.2) is 0 Å². The van der Waals surface area contributed by atoms with Crippen molar-refractivity contribution in [2.24, 2.45) is 7.05 Å². The number of nitrogen functional groups attached to an aromatic ring is 1. The number of carbonyl (C=O) groups excluding carboxylic acids is 1. The number of rotatable bonds is 1. The van der Waals surface area contributed by atoms with E-state index < -0.39 is 0 Å². The minimum Gasteiger partial charge on any atom is -0.396 e. The van der Waals surface area contributed by atoms with Crippen molar-refractivity contribution in [3.8, 4) is 0 Å². The van der Waals surface area contributed by atoms with Gasteiger partial charge in [0.2, 0.25) is 0 Å². The molecule has 2 N–H and O–H groups in total.